The summed E-state index contributed by atoms with van der Waals surface area (Å²) in [4.78, 5) is 24.3. The number of alkyl halides is 1. The number of fused-ring (bicyclic) bond motifs is 3. The Labute approximate surface area is 200 Å². The highest BCUT2D eigenvalue weighted by Gasteiger charge is 2.71. The van der Waals surface area contributed by atoms with Crippen LogP contribution >= 0.6 is 34.2 Å². The molecular weight excluding hydrogens is 543 g/mol. The number of aliphatic hydroxyl groups excluding tert-OH is 1. The minimum absolute atomic E-state index is 0.0706. The van der Waals surface area contributed by atoms with Crippen molar-refractivity contribution >= 4 is 45.9 Å². The smallest absolute Gasteiger partial charge is 0.308 e. The first-order chi connectivity index (χ1) is 14.7. The van der Waals surface area contributed by atoms with Gasteiger partial charge in [0.25, 0.3) is 0 Å². The molecule has 0 radical (unpaired) electrons. The Kier molecular flexibility index (Phi) is 7.32. The summed E-state index contributed by atoms with van der Waals surface area (Å²) < 4.78 is 30.1. The van der Waals surface area contributed by atoms with Crippen molar-refractivity contribution in [3.05, 3.63) is 10.2 Å². The molecule has 4 aliphatic heterocycles. The molecule has 4 saturated heterocycles. The average Bonchev–Trinajstić information content (AvgIpc) is 3.22. The number of methoxy groups -OCH3 is 1. The molecular formula is C21H28ClIO8. The highest BCUT2D eigenvalue weighted by molar-refractivity contribution is 14.1. The third-order valence-electron chi connectivity index (χ3n) is 6.47. The number of rotatable bonds is 9. The van der Waals surface area contributed by atoms with Crippen LogP contribution in [0.1, 0.15) is 44.9 Å². The number of ether oxygens (including phenoxy) is 5. The Hall–Kier alpha value is -0.300. The second-order valence-corrected chi connectivity index (χ2v) is 10.9. The van der Waals surface area contributed by atoms with E-state index >= 15 is 0 Å². The number of hydrogen-bond acceptors (Lipinski definition) is 8. The van der Waals surface area contributed by atoms with Crippen LogP contribution < -0.4 is 0 Å². The fourth-order valence-electron chi connectivity index (χ4n) is 5.01. The Balaban J connectivity index is 1.38. The van der Waals surface area contributed by atoms with Crippen LogP contribution in [0, 0.1) is 0 Å². The van der Waals surface area contributed by atoms with Crippen LogP contribution in [0.5, 0.6) is 0 Å². The number of carbonyl (C=O) groups is 2. The molecule has 2 bridgehead atoms. The minimum atomic E-state index is -1.42. The number of Topliss-reactive ketones (excluding diaryl/α,β-unsaturated/α-hetero) is 1. The topological polar surface area (TPSA) is 101 Å². The molecule has 4 aliphatic rings. The van der Waals surface area contributed by atoms with Crippen LogP contribution in [0.2, 0.25) is 0 Å². The number of esters is 1. The Morgan fingerprint density at radius 3 is 2.61 bits per heavy atom. The summed E-state index contributed by atoms with van der Waals surface area (Å²) in [7, 11) is 1.35. The Morgan fingerprint density at radius 1 is 1.23 bits per heavy atom. The van der Waals surface area contributed by atoms with E-state index in [-0.39, 0.29) is 48.6 Å². The van der Waals surface area contributed by atoms with E-state index in [2.05, 4.69) is 29.2 Å². The summed E-state index contributed by atoms with van der Waals surface area (Å²) >= 11 is 8.38. The molecule has 3 unspecified atom stereocenters. The molecule has 0 aliphatic carbocycles. The van der Waals surface area contributed by atoms with Gasteiger partial charge in [-0.15, -0.1) is 11.6 Å². The van der Waals surface area contributed by atoms with E-state index in [0.29, 0.717) is 25.7 Å². The lowest BCUT2D eigenvalue weighted by atomic mass is 9.84. The second-order valence-electron chi connectivity index (χ2n) is 8.71. The van der Waals surface area contributed by atoms with Crippen LogP contribution in [-0.4, -0.2) is 77.9 Å². The number of carbonyl (C=O) groups excluding carboxylic acids is 2. The van der Waals surface area contributed by atoms with Gasteiger partial charge >= 0.3 is 5.97 Å². The maximum Gasteiger partial charge on any atom is 0.308 e. The number of hydrogen-bond donors (Lipinski definition) is 1. The van der Waals surface area contributed by atoms with E-state index in [1.807, 2.05) is 0 Å². The van der Waals surface area contributed by atoms with E-state index in [1.165, 1.54) is 7.11 Å². The second kappa shape index (κ2) is 9.52. The monoisotopic (exact) mass is 570 g/mol. The first-order valence-corrected chi connectivity index (χ1v) is 12.1. The van der Waals surface area contributed by atoms with E-state index < -0.39 is 36.3 Å². The van der Waals surface area contributed by atoms with E-state index in [4.69, 9.17) is 35.3 Å². The largest absolute Gasteiger partial charge is 0.469 e. The number of aliphatic hydroxyl groups is 1. The van der Waals surface area contributed by atoms with Crippen molar-refractivity contribution in [3.63, 3.8) is 0 Å². The lowest BCUT2D eigenvalue weighted by Gasteiger charge is -2.49. The summed E-state index contributed by atoms with van der Waals surface area (Å²) in [6.45, 7) is 3.83. The summed E-state index contributed by atoms with van der Waals surface area (Å²) in [6, 6.07) is 0. The van der Waals surface area contributed by atoms with Crippen molar-refractivity contribution in [2.24, 2.45) is 0 Å². The normalized spacial score (nSPS) is 41.5. The fraction of sp³-hybridized carbons (Fsp3) is 0.810. The molecule has 0 amide bonds. The van der Waals surface area contributed by atoms with E-state index in [9.17, 15) is 14.7 Å². The molecule has 9 atom stereocenters. The molecule has 1 N–H and O–H groups in total. The lowest BCUT2D eigenvalue weighted by molar-refractivity contribution is -0.298. The number of ketones is 1. The molecule has 0 saturated carbocycles. The molecule has 0 aromatic carbocycles. The molecule has 0 spiro atoms. The SMILES string of the molecule is C=C(I)CC(Cl)CCC(=O)C[C@]12O[C@@H]3[C@H](O1)C(OC1CC[C@H](CC(=O)OC)O[C@@H]13)[C@H]2O. The van der Waals surface area contributed by atoms with Crippen LogP contribution in [0.25, 0.3) is 0 Å². The predicted molar refractivity (Wildman–Crippen MR) is 118 cm³/mol. The molecule has 4 rings (SSSR count). The van der Waals surface area contributed by atoms with Crippen LogP contribution in [-0.2, 0) is 33.3 Å². The molecule has 4 heterocycles. The minimum Gasteiger partial charge on any atom is -0.469 e. The zero-order valence-electron chi connectivity index (χ0n) is 17.3. The zero-order chi connectivity index (χ0) is 22.3. The van der Waals surface area contributed by atoms with Crippen LogP contribution in [0.4, 0.5) is 0 Å². The van der Waals surface area contributed by atoms with E-state index in [1.54, 1.807) is 0 Å². The summed E-state index contributed by atoms with van der Waals surface area (Å²) in [5.74, 6) is -1.84. The van der Waals surface area contributed by atoms with Gasteiger partial charge in [-0.25, -0.2) is 0 Å². The standard InChI is InChI=1S/C21H28ClIO8/c1-10(23)7-11(22)3-4-12(24)9-21-20(26)19-18(31-21)17(30-21)16-14(29-19)6-5-13(28-16)8-15(25)27-2/h11,13-14,16-20,26H,1,3-9H2,2H3/t11?,13-,14?,16+,17+,18+,19?,20-,21+/m1/s1. The molecule has 8 nitrogen and oxygen atoms in total. The van der Waals surface area contributed by atoms with Crippen molar-refractivity contribution in [1.29, 1.82) is 0 Å². The Morgan fingerprint density at radius 2 is 1.94 bits per heavy atom. The maximum absolute atomic E-state index is 12.6. The summed E-state index contributed by atoms with van der Waals surface area (Å²) in [5.41, 5.74) is 0. The van der Waals surface area contributed by atoms with Gasteiger partial charge in [0.2, 0.25) is 5.79 Å². The van der Waals surface area contributed by atoms with Crippen LogP contribution in [0.3, 0.4) is 0 Å². The molecule has 0 aromatic heterocycles. The molecule has 174 valence electrons. The lowest BCUT2D eigenvalue weighted by Crippen LogP contribution is -2.65. The third-order valence-corrected chi connectivity index (χ3v) is 7.28. The maximum atomic E-state index is 12.6. The first kappa shape index (κ1) is 23.8. The highest BCUT2D eigenvalue weighted by atomic mass is 127. The van der Waals surface area contributed by atoms with Gasteiger partial charge in [-0.1, -0.05) is 6.58 Å². The van der Waals surface area contributed by atoms with Gasteiger partial charge in [-0.05, 0) is 51.9 Å². The van der Waals surface area contributed by atoms with Gasteiger partial charge < -0.3 is 28.8 Å². The highest BCUT2D eigenvalue weighted by Crippen LogP contribution is 2.52. The van der Waals surface area contributed by atoms with Gasteiger partial charge in [0.15, 0.2) is 0 Å². The molecule has 0 aromatic rings. The van der Waals surface area contributed by atoms with Crippen molar-refractivity contribution in [3.8, 4) is 0 Å². The van der Waals surface area contributed by atoms with Gasteiger partial charge in [0.1, 0.15) is 36.3 Å². The van der Waals surface area contributed by atoms with Gasteiger partial charge in [-0.3, -0.25) is 9.59 Å². The quantitative estimate of drug-likeness (QED) is 0.256. The van der Waals surface area contributed by atoms with Gasteiger partial charge in [0.05, 0.1) is 32.2 Å². The first-order valence-electron chi connectivity index (χ1n) is 10.6. The molecule has 4 fully saturated rings. The molecule has 31 heavy (non-hydrogen) atoms. The predicted octanol–water partition coefficient (Wildman–Crippen LogP) is 2.40. The van der Waals surface area contributed by atoms with Gasteiger partial charge in [-0.2, -0.15) is 0 Å². The Bertz CT molecular complexity index is 734. The third kappa shape index (κ3) is 4.83. The number of allylic oxidation sites excluding steroid dienone is 1. The summed E-state index contributed by atoms with van der Waals surface area (Å²) in [6.07, 6.45) is -0.659. The van der Waals surface area contributed by atoms with E-state index in [0.717, 1.165) is 3.58 Å². The number of halogens is 2. The zero-order valence-corrected chi connectivity index (χ0v) is 20.2. The van der Waals surface area contributed by atoms with Crippen molar-refractivity contribution in [2.75, 3.05) is 7.11 Å². The fourth-order valence-corrected chi connectivity index (χ4v) is 6.10. The summed E-state index contributed by atoms with van der Waals surface area (Å²) in [5, 5.41) is 10.7. The van der Waals surface area contributed by atoms with Crippen LogP contribution in [0.15, 0.2) is 10.2 Å². The molecule has 10 heteroatoms. The van der Waals surface area contributed by atoms with Crippen molar-refractivity contribution in [1.82, 2.24) is 0 Å². The van der Waals surface area contributed by atoms with Crippen molar-refractivity contribution < 1.29 is 38.4 Å². The average molecular weight is 571 g/mol. The van der Waals surface area contributed by atoms with Crippen molar-refractivity contribution in [2.45, 2.75) is 98.8 Å². The van der Waals surface area contributed by atoms with Gasteiger partial charge in [0, 0.05) is 11.8 Å².